The van der Waals surface area contributed by atoms with Crippen LogP contribution >= 0.6 is 0 Å². The Labute approximate surface area is 89.6 Å². The minimum atomic E-state index is 0.557. The summed E-state index contributed by atoms with van der Waals surface area (Å²) in [7, 11) is 0. The van der Waals surface area contributed by atoms with Gasteiger partial charge in [0.25, 0.3) is 5.95 Å². The molecule has 0 bridgehead atoms. The quantitative estimate of drug-likeness (QED) is 0.804. The van der Waals surface area contributed by atoms with Crippen LogP contribution in [-0.2, 0) is 6.42 Å². The summed E-state index contributed by atoms with van der Waals surface area (Å²) in [6.07, 6.45) is 5.73. The van der Waals surface area contributed by atoms with Crippen molar-refractivity contribution < 1.29 is 4.52 Å². The number of rotatable bonds is 3. The van der Waals surface area contributed by atoms with Gasteiger partial charge in [0.15, 0.2) is 0 Å². The van der Waals surface area contributed by atoms with Crippen LogP contribution in [0.4, 0.5) is 5.95 Å². The summed E-state index contributed by atoms with van der Waals surface area (Å²) in [5.74, 6) is 1.39. The van der Waals surface area contributed by atoms with Crippen LogP contribution in [0.3, 0.4) is 0 Å². The smallest absolute Gasteiger partial charge is 0.266 e. The predicted molar refractivity (Wildman–Crippen MR) is 57.7 cm³/mol. The highest BCUT2D eigenvalue weighted by atomic mass is 16.5. The number of nitrogens with zero attached hydrogens (tertiary/aromatic N) is 3. The number of nitrogens with two attached hydrogens (primary N) is 1. The highest BCUT2D eigenvalue weighted by Crippen LogP contribution is 2.16. The van der Waals surface area contributed by atoms with Gasteiger partial charge in [0, 0.05) is 26.1 Å². The van der Waals surface area contributed by atoms with E-state index >= 15 is 0 Å². The van der Waals surface area contributed by atoms with E-state index in [-0.39, 0.29) is 0 Å². The number of hydrogen-bond donors (Lipinski definition) is 1. The van der Waals surface area contributed by atoms with Gasteiger partial charge >= 0.3 is 0 Å². The third kappa shape index (κ3) is 2.68. The molecule has 1 aliphatic heterocycles. The Hall–Kier alpha value is -1.10. The first-order chi connectivity index (χ1) is 7.40. The fourth-order valence-corrected chi connectivity index (χ4v) is 1.87. The van der Waals surface area contributed by atoms with E-state index in [1.165, 1.54) is 25.7 Å². The van der Waals surface area contributed by atoms with Crippen molar-refractivity contribution >= 4 is 5.95 Å². The lowest BCUT2D eigenvalue weighted by molar-refractivity contribution is 0.378. The van der Waals surface area contributed by atoms with Crippen molar-refractivity contribution in [2.24, 2.45) is 5.73 Å². The van der Waals surface area contributed by atoms with Crippen LogP contribution in [0.15, 0.2) is 4.52 Å². The van der Waals surface area contributed by atoms with Crippen LogP contribution in [0, 0.1) is 0 Å². The van der Waals surface area contributed by atoms with E-state index in [0.717, 1.165) is 19.0 Å². The zero-order valence-corrected chi connectivity index (χ0v) is 8.98. The maximum Gasteiger partial charge on any atom is 0.266 e. The molecule has 1 fully saturated rings. The second-order valence-electron chi connectivity index (χ2n) is 3.93. The predicted octanol–water partition coefficient (Wildman–Crippen LogP) is 0.951. The van der Waals surface area contributed by atoms with Crippen LogP contribution in [0.5, 0.6) is 0 Å². The second kappa shape index (κ2) is 5.11. The maximum absolute atomic E-state index is 5.43. The van der Waals surface area contributed by atoms with E-state index in [9.17, 15) is 0 Å². The van der Waals surface area contributed by atoms with E-state index in [1.807, 2.05) is 0 Å². The summed E-state index contributed by atoms with van der Waals surface area (Å²) in [6, 6.07) is 0. The van der Waals surface area contributed by atoms with Crippen molar-refractivity contribution in [2.75, 3.05) is 24.5 Å². The molecular formula is C10H18N4O. The minimum Gasteiger partial charge on any atom is -0.338 e. The van der Waals surface area contributed by atoms with Gasteiger partial charge in [-0.25, -0.2) is 0 Å². The van der Waals surface area contributed by atoms with Gasteiger partial charge in [-0.2, -0.15) is 4.98 Å². The van der Waals surface area contributed by atoms with Gasteiger partial charge in [0.1, 0.15) is 0 Å². The summed E-state index contributed by atoms with van der Waals surface area (Å²) in [5.41, 5.74) is 5.43. The summed E-state index contributed by atoms with van der Waals surface area (Å²) in [5, 5.41) is 3.98. The standard InChI is InChI=1S/C10H18N4O/c11-6-5-9-12-10(13-15-9)14-7-3-1-2-4-8-14/h1-8,11H2. The first-order valence-corrected chi connectivity index (χ1v) is 5.68. The van der Waals surface area contributed by atoms with Crippen LogP contribution in [0.25, 0.3) is 0 Å². The summed E-state index contributed by atoms with van der Waals surface area (Å²) in [6.45, 7) is 2.64. The highest BCUT2D eigenvalue weighted by Gasteiger charge is 2.15. The summed E-state index contributed by atoms with van der Waals surface area (Å²) < 4.78 is 5.12. The van der Waals surface area contributed by atoms with Gasteiger partial charge in [0.2, 0.25) is 5.89 Å². The molecule has 5 heteroatoms. The van der Waals surface area contributed by atoms with Gasteiger partial charge in [-0.3, -0.25) is 0 Å². The van der Waals surface area contributed by atoms with Crippen molar-refractivity contribution in [2.45, 2.75) is 32.1 Å². The minimum absolute atomic E-state index is 0.557. The lowest BCUT2D eigenvalue weighted by Crippen LogP contribution is -2.25. The van der Waals surface area contributed by atoms with E-state index in [0.29, 0.717) is 18.9 Å². The van der Waals surface area contributed by atoms with E-state index in [4.69, 9.17) is 10.3 Å². The molecule has 84 valence electrons. The lowest BCUT2D eigenvalue weighted by Gasteiger charge is -2.16. The SMILES string of the molecule is NCCc1nc(N2CCCCCC2)no1. The van der Waals surface area contributed by atoms with Crippen molar-refractivity contribution in [3.8, 4) is 0 Å². The van der Waals surface area contributed by atoms with Crippen LogP contribution in [-0.4, -0.2) is 29.8 Å². The maximum atomic E-state index is 5.43. The number of hydrogen-bond acceptors (Lipinski definition) is 5. The van der Waals surface area contributed by atoms with Crippen LogP contribution < -0.4 is 10.6 Å². The van der Waals surface area contributed by atoms with Crippen molar-refractivity contribution in [1.82, 2.24) is 10.1 Å². The summed E-state index contributed by atoms with van der Waals surface area (Å²) in [4.78, 5) is 6.54. The lowest BCUT2D eigenvalue weighted by atomic mass is 10.2. The molecule has 0 amide bonds. The molecule has 1 saturated heterocycles. The van der Waals surface area contributed by atoms with Crippen LogP contribution in [0.2, 0.25) is 0 Å². The molecule has 0 aromatic carbocycles. The Balaban J connectivity index is 2.00. The molecule has 2 N–H and O–H groups in total. The topological polar surface area (TPSA) is 68.2 Å². The molecule has 1 aromatic heterocycles. The molecule has 5 nitrogen and oxygen atoms in total. The molecule has 0 spiro atoms. The Bertz CT molecular complexity index is 291. The third-order valence-corrected chi connectivity index (χ3v) is 2.70. The molecule has 15 heavy (non-hydrogen) atoms. The fourth-order valence-electron chi connectivity index (χ4n) is 1.87. The molecule has 0 radical (unpaired) electrons. The largest absolute Gasteiger partial charge is 0.338 e. The van der Waals surface area contributed by atoms with Gasteiger partial charge in [-0.15, -0.1) is 0 Å². The molecule has 0 saturated carbocycles. The molecular weight excluding hydrogens is 192 g/mol. The molecule has 0 atom stereocenters. The van der Waals surface area contributed by atoms with E-state index in [2.05, 4.69) is 15.0 Å². The molecule has 0 aliphatic carbocycles. The monoisotopic (exact) mass is 210 g/mol. The Morgan fingerprint density at radius 2 is 1.93 bits per heavy atom. The van der Waals surface area contributed by atoms with Crippen molar-refractivity contribution in [3.05, 3.63) is 5.89 Å². The van der Waals surface area contributed by atoms with Gasteiger partial charge in [-0.1, -0.05) is 12.8 Å². The third-order valence-electron chi connectivity index (χ3n) is 2.70. The highest BCUT2D eigenvalue weighted by molar-refractivity contribution is 5.27. The van der Waals surface area contributed by atoms with E-state index < -0.39 is 0 Å². The van der Waals surface area contributed by atoms with Gasteiger partial charge in [-0.05, 0) is 18.0 Å². The second-order valence-corrected chi connectivity index (χ2v) is 3.93. The van der Waals surface area contributed by atoms with E-state index in [1.54, 1.807) is 0 Å². The molecule has 0 unspecified atom stereocenters. The average molecular weight is 210 g/mol. The van der Waals surface area contributed by atoms with Gasteiger partial charge in [0.05, 0.1) is 0 Å². The molecule has 2 heterocycles. The zero-order chi connectivity index (χ0) is 10.5. The average Bonchev–Trinajstić information content (AvgIpc) is 2.53. The zero-order valence-electron chi connectivity index (χ0n) is 8.98. The molecule has 1 aliphatic rings. The normalized spacial score (nSPS) is 17.8. The number of aromatic nitrogens is 2. The first kappa shape index (κ1) is 10.4. The molecule has 2 rings (SSSR count). The van der Waals surface area contributed by atoms with Gasteiger partial charge < -0.3 is 15.2 Å². The summed E-state index contributed by atoms with van der Waals surface area (Å²) >= 11 is 0. The Kier molecular flexibility index (Phi) is 3.55. The fraction of sp³-hybridized carbons (Fsp3) is 0.800. The van der Waals surface area contributed by atoms with Crippen molar-refractivity contribution in [3.63, 3.8) is 0 Å². The molecule has 1 aromatic rings. The van der Waals surface area contributed by atoms with Crippen molar-refractivity contribution in [1.29, 1.82) is 0 Å². The number of anilines is 1. The first-order valence-electron chi connectivity index (χ1n) is 5.68. The Morgan fingerprint density at radius 1 is 1.20 bits per heavy atom. The Morgan fingerprint density at radius 3 is 2.60 bits per heavy atom. The van der Waals surface area contributed by atoms with Crippen LogP contribution in [0.1, 0.15) is 31.6 Å².